The van der Waals surface area contributed by atoms with Crippen molar-refractivity contribution in [2.45, 2.75) is 44.7 Å². The summed E-state index contributed by atoms with van der Waals surface area (Å²) in [5.41, 5.74) is -0.0603. The quantitative estimate of drug-likeness (QED) is 0.880. The number of amides is 1. The molecule has 2 aromatic rings. The molecule has 134 valence electrons. The predicted octanol–water partition coefficient (Wildman–Crippen LogP) is 3.34. The molecule has 25 heavy (non-hydrogen) atoms. The van der Waals surface area contributed by atoms with Crippen LogP contribution in [0.1, 0.15) is 40.5 Å². The van der Waals surface area contributed by atoms with Crippen molar-refractivity contribution < 1.29 is 18.0 Å². The summed E-state index contributed by atoms with van der Waals surface area (Å²) < 4.78 is 39.8. The number of alkyl halides is 3. The number of fused-ring (bicyclic) bond motifs is 1. The lowest BCUT2D eigenvalue weighted by molar-refractivity contribution is -0.142. The molecular weight excluding hydrogens is 351 g/mol. The Hall–Kier alpha value is -1.96. The summed E-state index contributed by atoms with van der Waals surface area (Å²) in [5.74, 6) is -0.0131. The molecule has 0 radical (unpaired) electrons. The molecule has 0 aliphatic heterocycles. The number of nitrogens with zero attached hydrogens (tertiary/aromatic N) is 2. The highest BCUT2D eigenvalue weighted by Crippen LogP contribution is 2.34. The standard InChI is InChI=1S/C17H18F3N3OS/c18-17(19,20)16-12-5-1-2-6-13(12)22-14(23-16)7-8-21-15(24)10-11-4-3-9-25-11/h3-4,9H,1-2,5-8,10H2,(H,21,24). The lowest BCUT2D eigenvalue weighted by Crippen LogP contribution is -2.28. The molecular formula is C17H18F3N3OS. The summed E-state index contributed by atoms with van der Waals surface area (Å²) >= 11 is 1.49. The van der Waals surface area contributed by atoms with E-state index < -0.39 is 11.9 Å². The van der Waals surface area contributed by atoms with Crippen LogP contribution >= 0.6 is 11.3 Å². The summed E-state index contributed by atoms with van der Waals surface area (Å²) in [4.78, 5) is 20.8. The van der Waals surface area contributed by atoms with E-state index in [1.54, 1.807) is 0 Å². The second kappa shape index (κ2) is 7.51. The van der Waals surface area contributed by atoms with E-state index in [0.717, 1.165) is 17.7 Å². The van der Waals surface area contributed by atoms with Crippen LogP contribution in [-0.4, -0.2) is 22.4 Å². The lowest BCUT2D eigenvalue weighted by atomic mass is 9.94. The third kappa shape index (κ3) is 4.56. The van der Waals surface area contributed by atoms with E-state index in [1.807, 2.05) is 17.5 Å². The number of aromatic nitrogens is 2. The molecule has 0 saturated heterocycles. The third-order valence-corrected chi connectivity index (χ3v) is 4.96. The van der Waals surface area contributed by atoms with Crippen molar-refractivity contribution in [3.8, 4) is 0 Å². The van der Waals surface area contributed by atoms with Gasteiger partial charge in [-0.15, -0.1) is 11.3 Å². The summed E-state index contributed by atoms with van der Waals surface area (Å²) in [6.45, 7) is 0.223. The van der Waals surface area contributed by atoms with Gasteiger partial charge in [0.25, 0.3) is 0 Å². The summed E-state index contributed by atoms with van der Waals surface area (Å²) in [6, 6.07) is 3.74. The number of halogens is 3. The Bertz CT molecular complexity index is 744. The van der Waals surface area contributed by atoms with Gasteiger partial charge < -0.3 is 5.32 Å². The first-order valence-electron chi connectivity index (χ1n) is 8.18. The van der Waals surface area contributed by atoms with E-state index in [4.69, 9.17) is 0 Å². The van der Waals surface area contributed by atoms with Gasteiger partial charge in [-0.3, -0.25) is 4.79 Å². The van der Waals surface area contributed by atoms with Crippen LogP contribution in [0, 0.1) is 0 Å². The maximum Gasteiger partial charge on any atom is 0.433 e. The van der Waals surface area contributed by atoms with E-state index in [9.17, 15) is 18.0 Å². The van der Waals surface area contributed by atoms with Gasteiger partial charge in [0.1, 0.15) is 5.82 Å². The molecule has 1 aliphatic rings. The smallest absolute Gasteiger partial charge is 0.355 e. The number of hydrogen-bond donors (Lipinski definition) is 1. The first-order chi connectivity index (χ1) is 11.9. The molecule has 1 amide bonds. The Morgan fingerprint density at radius 2 is 2.04 bits per heavy atom. The molecule has 1 N–H and O–H groups in total. The van der Waals surface area contributed by atoms with Crippen molar-refractivity contribution in [3.05, 3.63) is 45.2 Å². The molecule has 0 fully saturated rings. The first-order valence-corrected chi connectivity index (χ1v) is 9.06. The van der Waals surface area contributed by atoms with Crippen LogP contribution in [0.15, 0.2) is 17.5 Å². The average molecular weight is 369 g/mol. The van der Waals surface area contributed by atoms with Crippen LogP contribution in [0.25, 0.3) is 0 Å². The minimum absolute atomic E-state index is 0.143. The van der Waals surface area contributed by atoms with Crippen molar-refractivity contribution in [3.63, 3.8) is 0 Å². The summed E-state index contributed by atoms with van der Waals surface area (Å²) in [6.07, 6.45) is -1.50. The number of carbonyl (C=O) groups excluding carboxylic acids is 1. The number of aryl methyl sites for hydroxylation is 1. The topological polar surface area (TPSA) is 54.9 Å². The molecule has 1 aliphatic carbocycles. The summed E-state index contributed by atoms with van der Waals surface area (Å²) in [7, 11) is 0. The van der Waals surface area contributed by atoms with Crippen LogP contribution in [0.5, 0.6) is 0 Å². The Balaban J connectivity index is 1.65. The van der Waals surface area contributed by atoms with Gasteiger partial charge in [-0.1, -0.05) is 6.07 Å². The van der Waals surface area contributed by atoms with Crippen LogP contribution in [0.2, 0.25) is 0 Å². The molecule has 0 saturated carbocycles. The predicted molar refractivity (Wildman–Crippen MR) is 88.4 cm³/mol. The third-order valence-electron chi connectivity index (χ3n) is 4.08. The average Bonchev–Trinajstić information content (AvgIpc) is 3.06. The fourth-order valence-electron chi connectivity index (χ4n) is 2.94. The van der Waals surface area contributed by atoms with Crippen molar-refractivity contribution >= 4 is 17.2 Å². The number of rotatable bonds is 5. The molecule has 2 heterocycles. The minimum atomic E-state index is -4.47. The number of thiophene rings is 1. The zero-order chi connectivity index (χ0) is 17.9. The SMILES string of the molecule is O=C(Cc1cccs1)NCCc1nc2c(c(C(F)(F)F)n1)CCCC2. The monoisotopic (exact) mass is 369 g/mol. The van der Waals surface area contributed by atoms with Crippen molar-refractivity contribution in [1.29, 1.82) is 0 Å². The van der Waals surface area contributed by atoms with Gasteiger partial charge in [-0.2, -0.15) is 13.2 Å². The highest BCUT2D eigenvalue weighted by atomic mass is 32.1. The van der Waals surface area contributed by atoms with E-state index in [1.165, 1.54) is 11.3 Å². The van der Waals surface area contributed by atoms with Gasteiger partial charge in [0.15, 0.2) is 5.69 Å². The molecule has 0 spiro atoms. The maximum atomic E-state index is 13.3. The van der Waals surface area contributed by atoms with Gasteiger partial charge in [-0.05, 0) is 37.1 Å². The van der Waals surface area contributed by atoms with Crippen LogP contribution < -0.4 is 5.32 Å². The Morgan fingerprint density at radius 3 is 2.76 bits per heavy atom. The molecule has 8 heteroatoms. The fraction of sp³-hybridized carbons (Fsp3) is 0.471. The van der Waals surface area contributed by atoms with Crippen molar-refractivity contribution in [1.82, 2.24) is 15.3 Å². The fourth-order valence-corrected chi connectivity index (χ4v) is 3.64. The van der Waals surface area contributed by atoms with Gasteiger partial charge >= 0.3 is 6.18 Å². The van der Waals surface area contributed by atoms with Gasteiger partial charge in [0, 0.05) is 29.1 Å². The number of nitrogens with one attached hydrogen (secondary N) is 1. The number of hydrogen-bond acceptors (Lipinski definition) is 4. The number of carbonyl (C=O) groups is 1. The normalized spacial score (nSPS) is 14.2. The second-order valence-corrected chi connectivity index (χ2v) is 7.01. The molecule has 0 aromatic carbocycles. The molecule has 0 bridgehead atoms. The van der Waals surface area contributed by atoms with E-state index in [2.05, 4.69) is 15.3 Å². The molecule has 3 rings (SSSR count). The van der Waals surface area contributed by atoms with Gasteiger partial charge in [0.05, 0.1) is 6.42 Å². The van der Waals surface area contributed by atoms with Crippen LogP contribution in [0.4, 0.5) is 13.2 Å². The van der Waals surface area contributed by atoms with Crippen molar-refractivity contribution in [2.75, 3.05) is 6.54 Å². The Kier molecular flexibility index (Phi) is 5.36. The van der Waals surface area contributed by atoms with Gasteiger partial charge in [-0.25, -0.2) is 9.97 Å². The Morgan fingerprint density at radius 1 is 1.24 bits per heavy atom. The maximum absolute atomic E-state index is 13.3. The van der Waals surface area contributed by atoms with Crippen LogP contribution in [-0.2, 0) is 36.7 Å². The molecule has 2 aromatic heterocycles. The zero-order valence-electron chi connectivity index (χ0n) is 13.5. The van der Waals surface area contributed by atoms with E-state index in [-0.39, 0.29) is 36.7 Å². The summed E-state index contributed by atoms with van der Waals surface area (Å²) in [5, 5.41) is 4.61. The molecule has 4 nitrogen and oxygen atoms in total. The van der Waals surface area contributed by atoms with E-state index >= 15 is 0 Å². The molecule has 0 atom stereocenters. The Labute approximate surface area is 147 Å². The zero-order valence-corrected chi connectivity index (χ0v) is 14.3. The highest BCUT2D eigenvalue weighted by Gasteiger charge is 2.37. The highest BCUT2D eigenvalue weighted by molar-refractivity contribution is 7.10. The second-order valence-electron chi connectivity index (χ2n) is 5.97. The lowest BCUT2D eigenvalue weighted by Gasteiger charge is -2.20. The first kappa shape index (κ1) is 17.8. The largest absolute Gasteiger partial charge is 0.433 e. The minimum Gasteiger partial charge on any atom is -0.355 e. The van der Waals surface area contributed by atoms with Gasteiger partial charge in [0.2, 0.25) is 5.91 Å². The van der Waals surface area contributed by atoms with Crippen LogP contribution in [0.3, 0.4) is 0 Å². The molecule has 0 unspecified atom stereocenters. The van der Waals surface area contributed by atoms with E-state index in [0.29, 0.717) is 18.5 Å². The van der Waals surface area contributed by atoms with Crippen molar-refractivity contribution in [2.24, 2.45) is 0 Å².